The molecule has 0 saturated heterocycles. The number of hydrogen-bond acceptors (Lipinski definition) is 4. The lowest BCUT2D eigenvalue weighted by molar-refractivity contribution is -0.140. The first kappa shape index (κ1) is 23.8. The van der Waals surface area contributed by atoms with Crippen molar-refractivity contribution in [2.45, 2.75) is 43.9 Å². The van der Waals surface area contributed by atoms with Crippen molar-refractivity contribution < 1.29 is 22.4 Å². The number of nitrogens with zero attached hydrogens (tertiary/aromatic N) is 2. The lowest BCUT2D eigenvalue weighted by atomic mass is 9.90. The van der Waals surface area contributed by atoms with Gasteiger partial charge in [0.1, 0.15) is 11.5 Å². The summed E-state index contributed by atoms with van der Waals surface area (Å²) in [5.41, 5.74) is 0.758. The van der Waals surface area contributed by atoms with Crippen molar-refractivity contribution in [1.29, 1.82) is 0 Å². The standard InChI is InChI=1S/C25H26F4N4O/c1-33(2)19-9-6-15(7-10-19)24(34)31-18-5-3-4-17(13-18)30-22-14-23(25(27,28)29)32-21-11-8-16(26)12-20(21)22/h6-12,14,17-18H,3-5,13H2,1-2H3,(H,30,32)(H,31,34)/t17-,18+/m0/s1. The Morgan fingerprint density at radius 1 is 1.03 bits per heavy atom. The molecule has 1 aliphatic carbocycles. The third-order valence-electron chi connectivity index (χ3n) is 6.08. The van der Waals surface area contributed by atoms with Gasteiger partial charge in [0.2, 0.25) is 0 Å². The van der Waals surface area contributed by atoms with Crippen molar-refractivity contribution in [3.8, 4) is 0 Å². The fourth-order valence-corrected chi connectivity index (χ4v) is 4.31. The van der Waals surface area contributed by atoms with Crippen LogP contribution in [-0.2, 0) is 6.18 Å². The number of fused-ring (bicyclic) bond motifs is 1. The van der Waals surface area contributed by atoms with Gasteiger partial charge in [-0.25, -0.2) is 9.37 Å². The van der Waals surface area contributed by atoms with Crippen LogP contribution in [0.3, 0.4) is 0 Å². The normalized spacial score (nSPS) is 18.5. The smallest absolute Gasteiger partial charge is 0.382 e. The molecule has 2 atom stereocenters. The van der Waals surface area contributed by atoms with Crippen LogP contribution in [0.4, 0.5) is 28.9 Å². The number of carbonyl (C=O) groups excluding carboxylic acids is 1. The quantitative estimate of drug-likeness (QED) is 0.472. The molecular formula is C25H26F4N4O. The first-order valence-corrected chi connectivity index (χ1v) is 11.1. The number of nitrogens with one attached hydrogen (secondary N) is 2. The maximum atomic E-state index is 13.8. The number of halogens is 4. The highest BCUT2D eigenvalue weighted by molar-refractivity contribution is 5.95. The predicted molar refractivity (Wildman–Crippen MR) is 125 cm³/mol. The Bertz CT molecular complexity index is 1180. The molecule has 1 amide bonds. The fraction of sp³-hybridized carbons (Fsp3) is 0.360. The largest absolute Gasteiger partial charge is 0.433 e. The molecule has 1 aliphatic rings. The summed E-state index contributed by atoms with van der Waals surface area (Å²) in [4.78, 5) is 18.3. The molecule has 180 valence electrons. The zero-order valence-corrected chi connectivity index (χ0v) is 18.9. The van der Waals surface area contributed by atoms with Crippen molar-refractivity contribution in [2.24, 2.45) is 0 Å². The highest BCUT2D eigenvalue weighted by Gasteiger charge is 2.34. The first-order valence-electron chi connectivity index (χ1n) is 11.1. The lowest BCUT2D eigenvalue weighted by Gasteiger charge is -2.31. The number of carbonyl (C=O) groups is 1. The van der Waals surface area contributed by atoms with Crippen LogP contribution in [0.1, 0.15) is 41.7 Å². The van der Waals surface area contributed by atoms with Gasteiger partial charge in [-0.2, -0.15) is 13.2 Å². The second kappa shape index (κ2) is 9.48. The third-order valence-corrected chi connectivity index (χ3v) is 6.08. The minimum atomic E-state index is -4.62. The highest BCUT2D eigenvalue weighted by atomic mass is 19.4. The molecular weight excluding hydrogens is 448 g/mol. The van der Waals surface area contributed by atoms with Crippen LogP contribution in [0.15, 0.2) is 48.5 Å². The summed E-state index contributed by atoms with van der Waals surface area (Å²) in [6.45, 7) is 0. The van der Waals surface area contributed by atoms with Crippen LogP contribution in [0.25, 0.3) is 10.9 Å². The van der Waals surface area contributed by atoms with E-state index >= 15 is 0 Å². The molecule has 1 saturated carbocycles. The van der Waals surface area contributed by atoms with Gasteiger partial charge in [-0.05, 0) is 74.2 Å². The van der Waals surface area contributed by atoms with Gasteiger partial charge < -0.3 is 15.5 Å². The maximum Gasteiger partial charge on any atom is 0.433 e. The van der Waals surface area contributed by atoms with Crippen molar-refractivity contribution in [3.05, 3.63) is 65.6 Å². The van der Waals surface area contributed by atoms with Crippen molar-refractivity contribution in [3.63, 3.8) is 0 Å². The minimum absolute atomic E-state index is 0.0700. The van der Waals surface area contributed by atoms with Gasteiger partial charge in [-0.3, -0.25) is 4.79 Å². The topological polar surface area (TPSA) is 57.3 Å². The zero-order chi connectivity index (χ0) is 24.5. The summed E-state index contributed by atoms with van der Waals surface area (Å²) in [6.07, 6.45) is -1.78. The maximum absolute atomic E-state index is 13.8. The summed E-state index contributed by atoms with van der Waals surface area (Å²) in [6, 6.07) is 11.4. The molecule has 0 bridgehead atoms. The monoisotopic (exact) mass is 474 g/mol. The Morgan fingerprint density at radius 2 is 1.74 bits per heavy atom. The van der Waals surface area contributed by atoms with E-state index < -0.39 is 17.7 Å². The van der Waals surface area contributed by atoms with Gasteiger partial charge >= 0.3 is 6.18 Å². The molecule has 34 heavy (non-hydrogen) atoms. The van der Waals surface area contributed by atoms with E-state index in [1.54, 1.807) is 12.1 Å². The van der Waals surface area contributed by atoms with E-state index in [1.165, 1.54) is 12.1 Å². The number of benzene rings is 2. The van der Waals surface area contributed by atoms with E-state index in [0.29, 0.717) is 17.4 Å². The molecule has 1 fully saturated rings. The third kappa shape index (κ3) is 5.40. The number of alkyl halides is 3. The predicted octanol–water partition coefficient (Wildman–Crippen LogP) is 5.61. The molecule has 0 unspecified atom stereocenters. The van der Waals surface area contributed by atoms with Crippen molar-refractivity contribution in [2.75, 3.05) is 24.3 Å². The molecule has 0 aliphatic heterocycles. The van der Waals surface area contributed by atoms with Crippen molar-refractivity contribution in [1.82, 2.24) is 10.3 Å². The van der Waals surface area contributed by atoms with Gasteiger partial charge in [-0.15, -0.1) is 0 Å². The van der Waals surface area contributed by atoms with Gasteiger partial charge in [0, 0.05) is 48.5 Å². The van der Waals surface area contributed by atoms with E-state index in [2.05, 4.69) is 15.6 Å². The van der Waals surface area contributed by atoms with Crippen LogP contribution in [-0.4, -0.2) is 37.1 Å². The van der Waals surface area contributed by atoms with E-state index in [-0.39, 0.29) is 29.2 Å². The average Bonchev–Trinajstić information content (AvgIpc) is 2.79. The van der Waals surface area contributed by atoms with Crippen LogP contribution < -0.4 is 15.5 Å². The summed E-state index contributed by atoms with van der Waals surface area (Å²) in [7, 11) is 3.84. The molecule has 1 aromatic heterocycles. The molecule has 4 rings (SSSR count). The molecule has 3 aromatic rings. The molecule has 2 aromatic carbocycles. The summed E-state index contributed by atoms with van der Waals surface area (Å²) in [5, 5.41) is 6.49. The molecule has 2 N–H and O–H groups in total. The Hall–Kier alpha value is -3.36. The number of hydrogen-bond donors (Lipinski definition) is 2. The number of rotatable bonds is 5. The fourth-order valence-electron chi connectivity index (χ4n) is 4.31. The minimum Gasteiger partial charge on any atom is -0.382 e. The highest BCUT2D eigenvalue weighted by Crippen LogP contribution is 2.34. The Labute approximate surface area is 195 Å². The Morgan fingerprint density at radius 3 is 2.41 bits per heavy atom. The van der Waals surface area contributed by atoms with E-state index in [4.69, 9.17) is 0 Å². The molecule has 0 spiro atoms. The Balaban J connectivity index is 1.49. The summed E-state index contributed by atoms with van der Waals surface area (Å²) >= 11 is 0. The van der Waals surface area contributed by atoms with E-state index in [0.717, 1.165) is 37.1 Å². The molecule has 1 heterocycles. The van der Waals surface area contributed by atoms with Crippen LogP contribution in [0, 0.1) is 5.82 Å². The summed E-state index contributed by atoms with van der Waals surface area (Å²) in [5.74, 6) is -0.738. The SMILES string of the molecule is CN(C)c1ccc(C(=O)N[C@@H]2CCC[C@H](Nc3cc(C(F)(F)F)nc4ccc(F)cc34)C2)cc1. The van der Waals surface area contributed by atoms with Gasteiger partial charge in [0.05, 0.1) is 5.52 Å². The number of pyridine rings is 1. The van der Waals surface area contributed by atoms with Crippen molar-refractivity contribution >= 4 is 28.2 Å². The van der Waals surface area contributed by atoms with Crippen LogP contribution in [0.2, 0.25) is 0 Å². The second-order valence-corrected chi connectivity index (χ2v) is 8.83. The van der Waals surface area contributed by atoms with Gasteiger partial charge in [0.15, 0.2) is 0 Å². The lowest BCUT2D eigenvalue weighted by Crippen LogP contribution is -2.41. The van der Waals surface area contributed by atoms with E-state index in [1.807, 2.05) is 31.1 Å². The molecule has 9 heteroatoms. The number of amides is 1. The molecule has 5 nitrogen and oxygen atoms in total. The number of anilines is 2. The Kier molecular flexibility index (Phi) is 6.63. The van der Waals surface area contributed by atoms with Gasteiger partial charge in [0.25, 0.3) is 5.91 Å². The first-order chi connectivity index (χ1) is 16.1. The van der Waals surface area contributed by atoms with E-state index in [9.17, 15) is 22.4 Å². The summed E-state index contributed by atoms with van der Waals surface area (Å²) < 4.78 is 54.0. The van der Waals surface area contributed by atoms with Crippen LogP contribution >= 0.6 is 0 Å². The van der Waals surface area contributed by atoms with Gasteiger partial charge in [-0.1, -0.05) is 0 Å². The zero-order valence-electron chi connectivity index (χ0n) is 18.9. The van der Waals surface area contributed by atoms with Crippen LogP contribution in [0.5, 0.6) is 0 Å². The second-order valence-electron chi connectivity index (χ2n) is 8.83. The average molecular weight is 475 g/mol. The molecule has 0 radical (unpaired) electrons. The number of aromatic nitrogens is 1.